The molecule has 120 valence electrons. The first-order valence-corrected chi connectivity index (χ1v) is 7.64. The highest BCUT2D eigenvalue weighted by Crippen LogP contribution is 2.37. The van der Waals surface area contributed by atoms with Crippen molar-refractivity contribution in [3.8, 4) is 0 Å². The molecule has 1 aliphatic carbocycles. The SMILES string of the molecule is O=C(NCCCO)C(=O)NCC1COC2(CCCCC2)O1. The lowest BCUT2D eigenvalue weighted by atomic mass is 9.94. The Morgan fingerprint density at radius 1 is 1.14 bits per heavy atom. The van der Waals surface area contributed by atoms with Gasteiger partial charge in [0.25, 0.3) is 0 Å². The van der Waals surface area contributed by atoms with Gasteiger partial charge in [-0.05, 0) is 19.3 Å². The summed E-state index contributed by atoms with van der Waals surface area (Å²) >= 11 is 0. The van der Waals surface area contributed by atoms with Gasteiger partial charge in [0.05, 0.1) is 6.61 Å². The van der Waals surface area contributed by atoms with Gasteiger partial charge in [0.1, 0.15) is 6.10 Å². The highest BCUT2D eigenvalue weighted by Gasteiger charge is 2.42. The van der Waals surface area contributed by atoms with Gasteiger partial charge in [0.15, 0.2) is 5.79 Å². The van der Waals surface area contributed by atoms with Crippen LogP contribution in [0.5, 0.6) is 0 Å². The number of carbonyl (C=O) groups is 2. The molecule has 3 N–H and O–H groups in total. The first kappa shape index (κ1) is 16.2. The Hall–Kier alpha value is -1.18. The lowest BCUT2D eigenvalue weighted by Crippen LogP contribution is -2.44. The number of amides is 2. The molecule has 21 heavy (non-hydrogen) atoms. The van der Waals surface area contributed by atoms with Crippen molar-refractivity contribution in [2.45, 2.75) is 50.4 Å². The van der Waals surface area contributed by atoms with Gasteiger partial charge >= 0.3 is 11.8 Å². The van der Waals surface area contributed by atoms with Crippen LogP contribution in [0.4, 0.5) is 0 Å². The standard InChI is InChI=1S/C14H24N2O5/c17-8-4-7-15-12(18)13(19)16-9-11-10-20-14(21-11)5-2-1-3-6-14/h11,17H,1-10H2,(H,15,18)(H,16,19). The molecule has 1 unspecified atom stereocenters. The Morgan fingerprint density at radius 3 is 2.57 bits per heavy atom. The fourth-order valence-corrected chi connectivity index (χ4v) is 2.72. The van der Waals surface area contributed by atoms with Crippen LogP contribution in [0.1, 0.15) is 38.5 Å². The Balaban J connectivity index is 1.66. The van der Waals surface area contributed by atoms with Crippen LogP contribution in [0.25, 0.3) is 0 Å². The number of ether oxygens (including phenoxy) is 2. The number of rotatable bonds is 5. The summed E-state index contributed by atoms with van der Waals surface area (Å²) in [6, 6.07) is 0. The quantitative estimate of drug-likeness (QED) is 0.477. The minimum absolute atomic E-state index is 0.0166. The van der Waals surface area contributed by atoms with Crippen LogP contribution in [0, 0.1) is 0 Å². The Bertz CT molecular complexity index is 368. The van der Waals surface area contributed by atoms with Crippen molar-refractivity contribution in [3.05, 3.63) is 0 Å². The van der Waals surface area contributed by atoms with E-state index in [2.05, 4.69) is 10.6 Å². The van der Waals surface area contributed by atoms with Crippen LogP contribution in [0.15, 0.2) is 0 Å². The van der Waals surface area contributed by atoms with E-state index in [1.165, 1.54) is 6.42 Å². The minimum atomic E-state index is -0.685. The molecule has 0 aromatic carbocycles. The number of aliphatic hydroxyl groups excluding tert-OH is 1. The van der Waals surface area contributed by atoms with Crippen LogP contribution in [0.2, 0.25) is 0 Å². The molecule has 2 rings (SSSR count). The Labute approximate surface area is 124 Å². The molecule has 2 amide bonds. The summed E-state index contributed by atoms with van der Waals surface area (Å²) in [6.45, 7) is 0.993. The average molecular weight is 300 g/mol. The summed E-state index contributed by atoms with van der Waals surface area (Å²) in [5.41, 5.74) is 0. The number of hydrogen-bond donors (Lipinski definition) is 3. The van der Waals surface area contributed by atoms with E-state index >= 15 is 0 Å². The molecule has 1 heterocycles. The van der Waals surface area contributed by atoms with Crippen LogP contribution in [-0.2, 0) is 19.1 Å². The predicted octanol–water partition coefficient (Wildman–Crippen LogP) is -0.323. The van der Waals surface area contributed by atoms with Gasteiger partial charge in [-0.1, -0.05) is 6.42 Å². The van der Waals surface area contributed by atoms with Gasteiger partial charge in [-0.25, -0.2) is 0 Å². The topological polar surface area (TPSA) is 96.9 Å². The summed E-state index contributed by atoms with van der Waals surface area (Å²) < 4.78 is 11.7. The van der Waals surface area contributed by atoms with E-state index in [1.54, 1.807) is 0 Å². The Kier molecular flexibility index (Phi) is 5.96. The first-order chi connectivity index (χ1) is 10.2. The summed E-state index contributed by atoms with van der Waals surface area (Å²) in [7, 11) is 0. The third kappa shape index (κ3) is 4.66. The van der Waals surface area contributed by atoms with E-state index < -0.39 is 17.6 Å². The van der Waals surface area contributed by atoms with E-state index in [0.29, 0.717) is 13.0 Å². The van der Waals surface area contributed by atoms with E-state index in [-0.39, 0.29) is 25.8 Å². The molecule has 1 saturated heterocycles. The molecule has 0 aromatic rings. The summed E-state index contributed by atoms with van der Waals surface area (Å²) in [6.07, 6.45) is 5.46. The van der Waals surface area contributed by atoms with E-state index in [4.69, 9.17) is 14.6 Å². The van der Waals surface area contributed by atoms with Crippen molar-refractivity contribution in [2.75, 3.05) is 26.3 Å². The van der Waals surface area contributed by atoms with Gasteiger partial charge in [0.2, 0.25) is 0 Å². The van der Waals surface area contributed by atoms with Gasteiger partial charge in [-0.2, -0.15) is 0 Å². The van der Waals surface area contributed by atoms with Crippen molar-refractivity contribution in [2.24, 2.45) is 0 Å². The molecule has 0 radical (unpaired) electrons. The second kappa shape index (κ2) is 7.72. The number of nitrogens with one attached hydrogen (secondary N) is 2. The molecule has 0 aromatic heterocycles. The summed E-state index contributed by atoms with van der Waals surface area (Å²) in [5.74, 6) is -1.83. The molecule has 7 heteroatoms. The van der Waals surface area contributed by atoms with Gasteiger partial charge in [0, 0.05) is 32.5 Å². The highest BCUT2D eigenvalue weighted by molar-refractivity contribution is 6.35. The van der Waals surface area contributed by atoms with Crippen LogP contribution in [-0.4, -0.2) is 55.1 Å². The number of carbonyl (C=O) groups excluding carboxylic acids is 2. The maximum absolute atomic E-state index is 11.6. The molecule has 1 atom stereocenters. The van der Waals surface area contributed by atoms with Gasteiger partial charge in [-0.15, -0.1) is 0 Å². The lowest BCUT2D eigenvalue weighted by molar-refractivity contribution is -0.186. The molecule has 1 aliphatic heterocycles. The summed E-state index contributed by atoms with van der Waals surface area (Å²) in [4.78, 5) is 23.0. The van der Waals surface area contributed by atoms with Crippen LogP contribution < -0.4 is 10.6 Å². The normalized spacial score (nSPS) is 24.0. The molecular formula is C14H24N2O5. The summed E-state index contributed by atoms with van der Waals surface area (Å²) in [5, 5.41) is 13.6. The third-order valence-corrected chi connectivity index (χ3v) is 3.85. The second-order valence-corrected chi connectivity index (χ2v) is 5.57. The molecular weight excluding hydrogens is 276 g/mol. The van der Waals surface area contributed by atoms with Crippen LogP contribution in [0.3, 0.4) is 0 Å². The minimum Gasteiger partial charge on any atom is -0.396 e. The fraction of sp³-hybridized carbons (Fsp3) is 0.857. The number of aliphatic hydroxyl groups is 1. The molecule has 2 fully saturated rings. The molecule has 7 nitrogen and oxygen atoms in total. The molecule has 0 bridgehead atoms. The zero-order valence-electron chi connectivity index (χ0n) is 12.2. The van der Waals surface area contributed by atoms with Crippen molar-refractivity contribution in [3.63, 3.8) is 0 Å². The van der Waals surface area contributed by atoms with Gasteiger partial charge < -0.3 is 25.2 Å². The van der Waals surface area contributed by atoms with E-state index in [9.17, 15) is 9.59 Å². The largest absolute Gasteiger partial charge is 0.396 e. The number of hydrogen-bond acceptors (Lipinski definition) is 5. The molecule has 1 saturated carbocycles. The monoisotopic (exact) mass is 300 g/mol. The predicted molar refractivity (Wildman–Crippen MR) is 74.4 cm³/mol. The second-order valence-electron chi connectivity index (χ2n) is 5.57. The maximum Gasteiger partial charge on any atom is 0.309 e. The highest BCUT2D eigenvalue weighted by atomic mass is 16.7. The third-order valence-electron chi connectivity index (χ3n) is 3.85. The van der Waals surface area contributed by atoms with Crippen molar-refractivity contribution in [1.82, 2.24) is 10.6 Å². The fourth-order valence-electron chi connectivity index (χ4n) is 2.72. The zero-order chi connectivity index (χ0) is 15.1. The lowest BCUT2D eigenvalue weighted by Gasteiger charge is -2.31. The Morgan fingerprint density at radius 2 is 1.86 bits per heavy atom. The van der Waals surface area contributed by atoms with E-state index in [1.807, 2.05) is 0 Å². The van der Waals surface area contributed by atoms with Crippen molar-refractivity contribution >= 4 is 11.8 Å². The zero-order valence-corrected chi connectivity index (χ0v) is 12.2. The van der Waals surface area contributed by atoms with Crippen molar-refractivity contribution in [1.29, 1.82) is 0 Å². The maximum atomic E-state index is 11.6. The van der Waals surface area contributed by atoms with Crippen LogP contribution >= 0.6 is 0 Å². The van der Waals surface area contributed by atoms with Gasteiger partial charge in [-0.3, -0.25) is 9.59 Å². The van der Waals surface area contributed by atoms with E-state index in [0.717, 1.165) is 25.7 Å². The van der Waals surface area contributed by atoms with Crippen molar-refractivity contribution < 1.29 is 24.2 Å². The first-order valence-electron chi connectivity index (χ1n) is 7.64. The molecule has 2 aliphatic rings. The smallest absolute Gasteiger partial charge is 0.309 e. The molecule has 1 spiro atoms. The average Bonchev–Trinajstić information content (AvgIpc) is 2.88.